The van der Waals surface area contributed by atoms with Gasteiger partial charge in [-0.3, -0.25) is 0 Å². The van der Waals surface area contributed by atoms with Gasteiger partial charge in [0.1, 0.15) is 5.82 Å². The summed E-state index contributed by atoms with van der Waals surface area (Å²) in [5.41, 5.74) is 1.46. The zero-order chi connectivity index (χ0) is 15.4. The lowest BCUT2D eigenvalue weighted by Gasteiger charge is -2.12. The monoisotopic (exact) mass is 328 g/mol. The molecule has 0 spiro atoms. The molecule has 2 N–H and O–H groups in total. The van der Waals surface area contributed by atoms with Crippen LogP contribution in [0.15, 0.2) is 23.6 Å². The highest BCUT2D eigenvalue weighted by Gasteiger charge is 2.11. The Morgan fingerprint density at radius 2 is 2.19 bits per heavy atom. The molecule has 0 saturated carbocycles. The molecule has 21 heavy (non-hydrogen) atoms. The van der Waals surface area contributed by atoms with Crippen molar-refractivity contribution in [2.45, 2.75) is 32.4 Å². The maximum absolute atomic E-state index is 13.3. The number of nitrogens with zero attached hydrogens (tertiary/aromatic N) is 1. The lowest BCUT2D eigenvalue weighted by molar-refractivity contribution is 0.174. The van der Waals surface area contributed by atoms with Gasteiger partial charge in [0.15, 0.2) is 0 Å². The first kappa shape index (κ1) is 16.4. The Morgan fingerprint density at radius 1 is 1.43 bits per heavy atom. The second-order valence-corrected chi connectivity index (χ2v) is 6.45. The van der Waals surface area contributed by atoms with Crippen LogP contribution in [-0.4, -0.2) is 16.6 Å². The summed E-state index contributed by atoms with van der Waals surface area (Å²) in [6, 6.07) is 4.33. The molecule has 1 aromatic carbocycles. The number of hydrogen-bond acceptors (Lipinski definition) is 4. The molecule has 6 heteroatoms. The van der Waals surface area contributed by atoms with Crippen molar-refractivity contribution < 1.29 is 9.50 Å². The van der Waals surface area contributed by atoms with Crippen LogP contribution < -0.4 is 5.32 Å². The molecule has 0 radical (unpaired) electrons. The minimum atomic E-state index is -0.778. The van der Waals surface area contributed by atoms with Crippen LogP contribution in [0, 0.1) is 5.82 Å². The third-order valence-electron chi connectivity index (χ3n) is 3.04. The van der Waals surface area contributed by atoms with Gasteiger partial charge in [-0.1, -0.05) is 31.5 Å². The summed E-state index contributed by atoms with van der Waals surface area (Å²) in [4.78, 5) is 4.50. The fraction of sp³-hybridized carbons (Fsp3) is 0.400. The van der Waals surface area contributed by atoms with Crippen LogP contribution in [0.5, 0.6) is 0 Å². The van der Waals surface area contributed by atoms with Gasteiger partial charge in [-0.25, -0.2) is 9.37 Å². The zero-order valence-corrected chi connectivity index (χ0v) is 13.5. The molecule has 0 aliphatic heterocycles. The van der Waals surface area contributed by atoms with Crippen LogP contribution in [0.25, 0.3) is 0 Å². The van der Waals surface area contributed by atoms with Gasteiger partial charge in [-0.15, -0.1) is 11.3 Å². The molecule has 114 valence electrons. The van der Waals surface area contributed by atoms with Gasteiger partial charge >= 0.3 is 0 Å². The van der Waals surface area contributed by atoms with Crippen LogP contribution >= 0.6 is 22.9 Å². The van der Waals surface area contributed by atoms with Gasteiger partial charge in [0.2, 0.25) is 0 Å². The molecule has 2 rings (SSSR count). The van der Waals surface area contributed by atoms with Crippen LogP contribution in [0.4, 0.5) is 4.39 Å². The van der Waals surface area contributed by atoms with Crippen molar-refractivity contribution in [1.82, 2.24) is 10.3 Å². The van der Waals surface area contributed by atoms with Crippen molar-refractivity contribution in [3.05, 3.63) is 50.7 Å². The number of rotatable bonds is 6. The van der Waals surface area contributed by atoms with Gasteiger partial charge in [-0.2, -0.15) is 0 Å². The van der Waals surface area contributed by atoms with E-state index in [0.717, 1.165) is 10.7 Å². The minimum absolute atomic E-state index is 0.0580. The highest BCUT2D eigenvalue weighted by molar-refractivity contribution is 7.09. The van der Waals surface area contributed by atoms with Crippen molar-refractivity contribution in [2.24, 2.45) is 0 Å². The molecule has 0 aliphatic carbocycles. The predicted octanol–water partition coefficient (Wildman–Crippen LogP) is 3.88. The van der Waals surface area contributed by atoms with E-state index in [-0.39, 0.29) is 5.02 Å². The quantitative estimate of drug-likeness (QED) is 0.845. The summed E-state index contributed by atoms with van der Waals surface area (Å²) in [6.45, 7) is 5.12. The molecule has 0 fully saturated rings. The van der Waals surface area contributed by atoms with Crippen LogP contribution in [-0.2, 0) is 6.54 Å². The Kier molecular flexibility index (Phi) is 5.70. The standard InChI is InChI=1S/C15H18ClFN2OS/c1-9(2)15-19-11(8-21-15)6-18-7-14(20)10-3-4-12(16)13(17)5-10/h3-5,8-9,14,18,20H,6-7H2,1-2H3. The third-order valence-corrected chi connectivity index (χ3v) is 4.54. The molecule has 0 saturated heterocycles. The maximum atomic E-state index is 13.3. The zero-order valence-electron chi connectivity index (χ0n) is 11.9. The average molecular weight is 329 g/mol. The first-order valence-corrected chi connectivity index (χ1v) is 8.01. The fourth-order valence-corrected chi connectivity index (χ4v) is 2.80. The van der Waals surface area contributed by atoms with Gasteiger partial charge in [0.25, 0.3) is 0 Å². The van der Waals surface area contributed by atoms with Gasteiger partial charge < -0.3 is 10.4 Å². The van der Waals surface area contributed by atoms with E-state index in [1.165, 1.54) is 12.1 Å². The van der Waals surface area contributed by atoms with Crippen molar-refractivity contribution in [3.8, 4) is 0 Å². The summed E-state index contributed by atoms with van der Waals surface area (Å²) in [7, 11) is 0. The lowest BCUT2D eigenvalue weighted by atomic mass is 10.1. The number of aliphatic hydroxyl groups excluding tert-OH is 1. The Morgan fingerprint density at radius 3 is 2.81 bits per heavy atom. The number of thiazole rings is 1. The van der Waals surface area contributed by atoms with Crippen LogP contribution in [0.3, 0.4) is 0 Å². The second-order valence-electron chi connectivity index (χ2n) is 5.15. The topological polar surface area (TPSA) is 45.2 Å². The second kappa shape index (κ2) is 7.31. The van der Waals surface area contributed by atoms with Crippen LogP contribution in [0.1, 0.15) is 42.1 Å². The molecule has 1 aromatic heterocycles. The summed E-state index contributed by atoms with van der Waals surface area (Å²) < 4.78 is 13.3. The first-order valence-electron chi connectivity index (χ1n) is 6.75. The smallest absolute Gasteiger partial charge is 0.142 e. The summed E-state index contributed by atoms with van der Waals surface area (Å²) in [6.07, 6.45) is -0.778. The Hall–Kier alpha value is -1.01. The van der Waals surface area contributed by atoms with E-state index >= 15 is 0 Å². The Balaban J connectivity index is 1.85. The minimum Gasteiger partial charge on any atom is -0.387 e. The first-order chi connectivity index (χ1) is 9.97. The van der Waals surface area contributed by atoms with E-state index in [1.807, 2.05) is 5.38 Å². The number of halogens is 2. The van der Waals surface area contributed by atoms with Crippen molar-refractivity contribution in [3.63, 3.8) is 0 Å². The molecule has 3 nitrogen and oxygen atoms in total. The Bertz CT molecular complexity index is 603. The normalized spacial score (nSPS) is 12.9. The van der Waals surface area contributed by atoms with E-state index in [0.29, 0.717) is 24.6 Å². The molecular formula is C15H18ClFN2OS. The highest BCUT2D eigenvalue weighted by atomic mass is 35.5. The van der Waals surface area contributed by atoms with Crippen molar-refractivity contribution in [1.29, 1.82) is 0 Å². The third kappa shape index (κ3) is 4.48. The molecule has 0 bridgehead atoms. The molecule has 0 amide bonds. The molecule has 1 unspecified atom stereocenters. The van der Waals surface area contributed by atoms with E-state index in [2.05, 4.69) is 24.1 Å². The average Bonchev–Trinajstić information content (AvgIpc) is 2.91. The fourth-order valence-electron chi connectivity index (χ4n) is 1.84. The number of hydrogen-bond donors (Lipinski definition) is 2. The van der Waals surface area contributed by atoms with Gasteiger partial charge in [0, 0.05) is 24.4 Å². The van der Waals surface area contributed by atoms with Crippen LogP contribution in [0.2, 0.25) is 5.02 Å². The number of aromatic nitrogens is 1. The number of benzene rings is 1. The maximum Gasteiger partial charge on any atom is 0.142 e. The van der Waals surface area contributed by atoms with E-state index in [4.69, 9.17) is 11.6 Å². The molecule has 2 aromatic rings. The highest BCUT2D eigenvalue weighted by Crippen LogP contribution is 2.21. The number of aliphatic hydroxyl groups is 1. The molecular weight excluding hydrogens is 311 g/mol. The van der Waals surface area contributed by atoms with E-state index in [1.54, 1.807) is 17.4 Å². The largest absolute Gasteiger partial charge is 0.387 e. The summed E-state index contributed by atoms with van der Waals surface area (Å²) >= 11 is 7.26. The van der Waals surface area contributed by atoms with Crippen molar-refractivity contribution in [2.75, 3.05) is 6.54 Å². The van der Waals surface area contributed by atoms with E-state index < -0.39 is 11.9 Å². The number of nitrogens with one attached hydrogen (secondary N) is 1. The summed E-state index contributed by atoms with van der Waals surface area (Å²) in [5.74, 6) is -0.0966. The van der Waals surface area contributed by atoms with Crippen molar-refractivity contribution >= 4 is 22.9 Å². The molecule has 1 heterocycles. The SMILES string of the molecule is CC(C)c1nc(CNCC(O)c2ccc(Cl)c(F)c2)cs1. The predicted molar refractivity (Wildman–Crippen MR) is 84.3 cm³/mol. The van der Waals surface area contributed by atoms with Gasteiger partial charge in [0.05, 0.1) is 21.8 Å². The lowest BCUT2D eigenvalue weighted by Crippen LogP contribution is -2.21. The van der Waals surface area contributed by atoms with E-state index in [9.17, 15) is 9.50 Å². The Labute approximate surface area is 132 Å². The summed E-state index contributed by atoms with van der Waals surface area (Å²) in [5, 5.41) is 16.3. The molecule has 1 atom stereocenters. The molecule has 0 aliphatic rings. The van der Waals surface area contributed by atoms with Gasteiger partial charge in [-0.05, 0) is 17.7 Å².